The number of thiophene rings is 1. The van der Waals surface area contributed by atoms with E-state index in [2.05, 4.69) is 0 Å². The normalized spacial score (nSPS) is 21.1. The van der Waals surface area contributed by atoms with Crippen LogP contribution in [0.5, 0.6) is 0 Å². The molecular weight excluding hydrogens is 899 g/mol. The molecule has 1 unspecified atom stereocenters. The van der Waals surface area contributed by atoms with Gasteiger partial charge in [0.15, 0.2) is 0 Å². The summed E-state index contributed by atoms with van der Waals surface area (Å²) in [6, 6.07) is -27.3. The Morgan fingerprint density at radius 2 is 1.03 bits per heavy atom. The van der Waals surface area contributed by atoms with Crippen molar-refractivity contribution in [1.29, 1.82) is 0 Å². The molecule has 0 saturated carbocycles. The molecule has 0 amide bonds. The lowest BCUT2D eigenvalue weighted by Gasteiger charge is -2.34. The molecule has 342 valence electrons. The van der Waals surface area contributed by atoms with Gasteiger partial charge in [-0.2, -0.15) is 0 Å². The summed E-state index contributed by atoms with van der Waals surface area (Å²) in [6.45, 7) is 0. The van der Waals surface area contributed by atoms with Crippen LogP contribution >= 0.6 is 11.3 Å². The van der Waals surface area contributed by atoms with E-state index in [0.717, 1.165) is 53.8 Å². The minimum Gasteiger partial charge on any atom is -0.310 e. The highest BCUT2D eigenvalue weighted by atomic mass is 32.1. The number of benzene rings is 12. The zero-order chi connectivity index (χ0) is 81.4. The lowest BCUT2D eigenvalue weighted by atomic mass is 9.68. The van der Waals surface area contributed by atoms with Gasteiger partial charge >= 0.3 is 0 Å². The third-order valence-corrected chi connectivity index (χ3v) is 13.4. The number of nitrogens with zero attached hydrogens (tertiary/aromatic N) is 1. The number of fused-ring (bicyclic) bond motifs is 7. The third kappa shape index (κ3) is 7.06. The molecule has 2 heteroatoms. The molecule has 1 aliphatic rings. The summed E-state index contributed by atoms with van der Waals surface area (Å²) in [5, 5.41) is -0.121. The lowest BCUT2D eigenvalue weighted by Crippen LogP contribution is -2.28. The largest absolute Gasteiger partial charge is 0.310 e. The molecule has 1 nitrogen and oxygen atoms in total. The van der Waals surface area contributed by atoms with E-state index in [1.807, 2.05) is 0 Å². The monoisotopic (exact) mass is 984 g/mol. The van der Waals surface area contributed by atoms with Crippen molar-refractivity contribution in [2.24, 2.45) is 0 Å². The zero-order valence-corrected chi connectivity index (χ0v) is 37.9. The number of anilines is 3. The Kier molecular flexibility index (Phi) is 4.63. The summed E-state index contributed by atoms with van der Waals surface area (Å²) in [6.07, 6.45) is 0. The first-order chi connectivity index (χ1) is 52.0. The van der Waals surface area contributed by atoms with Crippen LogP contribution in [0.4, 0.5) is 17.1 Å². The maximum atomic E-state index is 10.6. The highest BCUT2D eigenvalue weighted by Crippen LogP contribution is 2.60. The van der Waals surface area contributed by atoms with E-state index in [9.17, 15) is 27.4 Å². The van der Waals surface area contributed by atoms with E-state index < -0.39 is 319 Å². The van der Waals surface area contributed by atoms with Crippen LogP contribution in [-0.2, 0) is 5.41 Å². The molecule has 0 N–H and O–H groups in total. The van der Waals surface area contributed by atoms with Gasteiger partial charge in [-0.15, -0.1) is 11.3 Å². The smallest absolute Gasteiger partial charge is 0.0714 e. The third-order valence-electron chi connectivity index (χ3n) is 12.4. The lowest BCUT2D eigenvalue weighted by molar-refractivity contribution is 0.768. The van der Waals surface area contributed by atoms with E-state index in [-0.39, 0.29) is 42.1 Å². The highest BCUT2D eigenvalue weighted by Gasteiger charge is 2.47. The summed E-state index contributed by atoms with van der Waals surface area (Å²) in [7, 11) is 0. The molecule has 14 rings (SSSR count). The van der Waals surface area contributed by atoms with Crippen LogP contribution in [0.3, 0.4) is 0 Å². The van der Waals surface area contributed by atoms with E-state index in [4.69, 9.17) is 24.7 Å². The van der Waals surface area contributed by atoms with Crippen molar-refractivity contribution in [3.05, 3.63) is 306 Å². The molecule has 1 heterocycles. The summed E-state index contributed by atoms with van der Waals surface area (Å²) in [5.74, 6) is 0. The average Bonchev–Trinajstić information content (AvgIpc) is 1.51. The molecule has 1 aliphatic carbocycles. The predicted octanol–water partition coefficient (Wildman–Crippen LogP) is 19.7. The molecule has 0 spiro atoms. The van der Waals surface area contributed by atoms with E-state index in [1.165, 1.54) is 12.1 Å². The van der Waals surface area contributed by atoms with Gasteiger partial charge in [-0.25, -0.2) is 0 Å². The fourth-order valence-corrected chi connectivity index (χ4v) is 10.4. The fraction of sp³-hybridized carbons (Fsp3) is 0.0141. The minimum absolute atomic E-state index is 0.0292. The SMILES string of the molecule is [2H]c1cc(C2(c3c([2H])c([2H])c([2H])c([2H])c3[2H])c3c(ccc([2H])c3[2H])-c3c(N(c4c([2H])cc(-c5c([2H])cc6cc([2H])c([2H])c([2H])c6c5-c5ccc6c(sc7c([2H])c([2H])c([2H])c([2H])c76)c5[2H])c([2H])c4[2H])c4c([2H])c(-c5c([2H])c([2H])c([2H])c([2H])c5[2H])c([2H])c(-c5c([2H])c([2H])c([2H])c([2H])c5[2H])c4[2H])cc([2H])c([2H])c32)c([2H])c([2H])c1[2H]. The Morgan fingerprint density at radius 3 is 1.84 bits per heavy atom. The van der Waals surface area contributed by atoms with Crippen molar-refractivity contribution in [3.8, 4) is 55.6 Å². The van der Waals surface area contributed by atoms with Gasteiger partial charge in [0.2, 0.25) is 0 Å². The van der Waals surface area contributed by atoms with Crippen molar-refractivity contribution in [3.63, 3.8) is 0 Å². The van der Waals surface area contributed by atoms with Gasteiger partial charge in [-0.3, -0.25) is 0 Å². The molecule has 12 aromatic carbocycles. The fourth-order valence-electron chi connectivity index (χ4n) is 9.35. The van der Waals surface area contributed by atoms with Gasteiger partial charge in [-0.1, -0.05) is 236 Å². The van der Waals surface area contributed by atoms with Gasteiger partial charge in [0, 0.05) is 37.1 Å². The van der Waals surface area contributed by atoms with Crippen molar-refractivity contribution in [2.45, 2.75) is 5.41 Å². The molecule has 1 atom stereocenters. The molecule has 0 radical (unpaired) electrons. The van der Waals surface area contributed by atoms with Crippen LogP contribution in [0.25, 0.3) is 86.6 Å². The molecule has 73 heavy (non-hydrogen) atoms. The minimum atomic E-state index is -3.14. The van der Waals surface area contributed by atoms with Crippen LogP contribution in [0.2, 0.25) is 0 Å². The molecular formula is C71H47NS. The van der Waals surface area contributed by atoms with Gasteiger partial charge in [-0.05, 0) is 131 Å². The quantitative estimate of drug-likeness (QED) is 0.139. The second kappa shape index (κ2) is 17.6. The Hall–Kier alpha value is -9.08. The summed E-state index contributed by atoms with van der Waals surface area (Å²) in [5.41, 5.74) is -16.7. The van der Waals surface area contributed by atoms with Crippen molar-refractivity contribution in [1.82, 2.24) is 0 Å². The maximum absolute atomic E-state index is 10.6. The first-order valence-electron chi connectivity index (χ1n) is 41.0. The predicted molar refractivity (Wildman–Crippen MR) is 311 cm³/mol. The molecule has 0 bridgehead atoms. The van der Waals surface area contributed by atoms with E-state index in [1.54, 1.807) is 0 Å². The summed E-state index contributed by atoms with van der Waals surface area (Å²) < 4.78 is 357. The average molecular weight is 984 g/mol. The molecule has 13 aromatic rings. The Labute approximate surface area is 483 Å². The second-order valence-corrected chi connectivity index (χ2v) is 17.2. The molecule has 0 saturated heterocycles. The van der Waals surface area contributed by atoms with Crippen molar-refractivity contribution in [2.75, 3.05) is 4.90 Å². The van der Waals surface area contributed by atoms with Gasteiger partial charge in [0.25, 0.3) is 0 Å². The Balaban J connectivity index is 1.23. The molecule has 1 aromatic heterocycles. The van der Waals surface area contributed by atoms with E-state index in [0.29, 0.717) is 4.90 Å². The first kappa shape index (κ1) is 19.2. The van der Waals surface area contributed by atoms with Gasteiger partial charge in [0.05, 0.1) is 63.2 Å². The second-order valence-electron chi connectivity index (χ2n) is 16.2. The number of hydrogen-bond acceptors (Lipinski definition) is 2. The van der Waals surface area contributed by atoms with Crippen LogP contribution in [0, 0.1) is 0 Å². The number of rotatable bonds is 9. The summed E-state index contributed by atoms with van der Waals surface area (Å²) in [4.78, 5) is 0.570. The number of hydrogen-bond donors (Lipinski definition) is 0. The first-order valence-corrected chi connectivity index (χ1v) is 22.9. The Morgan fingerprint density at radius 1 is 0.342 bits per heavy atom. The molecule has 0 aliphatic heterocycles. The standard InChI is InChI=1S/C71H47NS/c1-5-20-48(21-6-1)53-44-54(49-22-7-2-8-23-49)46-58(45-53)72(66-34-19-33-65-70(66)63-31-15-17-32-64(63)71(65,55-25-9-3-10-26-55)56-27-11-4-12-28-56)57-40-36-51(37-41-57)60-42-38-50-24-13-14-29-59(50)69(60)52-39-43-62-61-30-16-18-35-67(61)73-68(62)47-52/h1-47H/i1D,2D,3D,4D,5D,6D,7D,8D,9D,10D,11D,12D,13D,14D,16D,17D,18D,19D,20D,21D,22D,23D,25D,26D,27D,29D,30D,32D,33D,35D,36D,40D,41D,42D,44D,45D,46D,47D. The van der Waals surface area contributed by atoms with Crippen molar-refractivity contribution < 1.29 is 52.1 Å². The molecule has 0 fully saturated rings. The maximum Gasteiger partial charge on any atom is 0.0714 e. The van der Waals surface area contributed by atoms with Crippen LogP contribution < -0.4 is 4.90 Å². The van der Waals surface area contributed by atoms with Crippen LogP contribution in [0.1, 0.15) is 74.3 Å². The zero-order valence-electron chi connectivity index (χ0n) is 75.1. The Bertz CT molecular complexity index is 6340. The topological polar surface area (TPSA) is 3.24 Å². The highest BCUT2D eigenvalue weighted by molar-refractivity contribution is 7.25. The van der Waals surface area contributed by atoms with E-state index >= 15 is 0 Å². The van der Waals surface area contributed by atoms with Crippen LogP contribution in [0.15, 0.2) is 284 Å². The van der Waals surface area contributed by atoms with Gasteiger partial charge < -0.3 is 4.90 Å². The van der Waals surface area contributed by atoms with Crippen molar-refractivity contribution >= 4 is 59.3 Å². The summed E-state index contributed by atoms with van der Waals surface area (Å²) >= 11 is 0.789. The van der Waals surface area contributed by atoms with Crippen LogP contribution in [-0.4, -0.2) is 0 Å². The van der Waals surface area contributed by atoms with Gasteiger partial charge in [0.1, 0.15) is 0 Å².